The summed E-state index contributed by atoms with van der Waals surface area (Å²) in [4.78, 5) is 6.91. The highest BCUT2D eigenvalue weighted by molar-refractivity contribution is 14.0. The average molecular weight is 452 g/mol. The molecular formula is C18H37IN4O. The standard InChI is InChI=1S/C18H36N4O.HI/c1-15(2)22-10-4-6-17(13-22)12-21-18(19-3)20-9-5-11-23-14-16-7-8-16;/h15-17H,4-14H2,1-3H3,(H2,19,20,21);1H. The van der Waals surface area contributed by atoms with E-state index in [1.54, 1.807) is 0 Å². The molecule has 0 radical (unpaired) electrons. The molecule has 1 aliphatic heterocycles. The number of nitrogens with zero attached hydrogens (tertiary/aromatic N) is 2. The molecule has 0 aromatic heterocycles. The lowest BCUT2D eigenvalue weighted by molar-refractivity contribution is 0.123. The Bertz CT molecular complexity index is 361. The van der Waals surface area contributed by atoms with E-state index in [1.165, 1.54) is 38.8 Å². The Morgan fingerprint density at radius 2 is 2.00 bits per heavy atom. The first-order valence-corrected chi connectivity index (χ1v) is 9.45. The largest absolute Gasteiger partial charge is 0.381 e. The van der Waals surface area contributed by atoms with Crippen molar-refractivity contribution in [3.8, 4) is 0 Å². The van der Waals surface area contributed by atoms with E-state index in [0.717, 1.165) is 50.5 Å². The van der Waals surface area contributed by atoms with Gasteiger partial charge in [0.15, 0.2) is 5.96 Å². The zero-order valence-electron chi connectivity index (χ0n) is 15.7. The fourth-order valence-corrected chi connectivity index (χ4v) is 3.11. The van der Waals surface area contributed by atoms with Crippen molar-refractivity contribution in [2.45, 2.75) is 52.0 Å². The number of piperidine rings is 1. The minimum Gasteiger partial charge on any atom is -0.381 e. The number of hydrogen-bond donors (Lipinski definition) is 2. The fourth-order valence-electron chi connectivity index (χ4n) is 3.11. The summed E-state index contributed by atoms with van der Waals surface area (Å²) in [6.07, 6.45) is 6.41. The Labute approximate surface area is 165 Å². The van der Waals surface area contributed by atoms with Crippen LogP contribution in [0.25, 0.3) is 0 Å². The van der Waals surface area contributed by atoms with Gasteiger partial charge >= 0.3 is 0 Å². The smallest absolute Gasteiger partial charge is 0.190 e. The topological polar surface area (TPSA) is 48.9 Å². The molecule has 2 aliphatic rings. The normalized spacial score (nSPS) is 22.3. The van der Waals surface area contributed by atoms with Crippen LogP contribution in [0.5, 0.6) is 0 Å². The first-order valence-electron chi connectivity index (χ1n) is 9.45. The number of rotatable bonds is 9. The van der Waals surface area contributed by atoms with Crippen molar-refractivity contribution >= 4 is 29.9 Å². The predicted octanol–water partition coefficient (Wildman–Crippen LogP) is 2.71. The Morgan fingerprint density at radius 1 is 1.21 bits per heavy atom. The number of hydrogen-bond acceptors (Lipinski definition) is 3. The van der Waals surface area contributed by atoms with Gasteiger partial charge in [-0.2, -0.15) is 0 Å². The lowest BCUT2D eigenvalue weighted by atomic mass is 9.97. The summed E-state index contributed by atoms with van der Waals surface area (Å²) in [5.41, 5.74) is 0. The van der Waals surface area contributed by atoms with Crippen LogP contribution < -0.4 is 10.6 Å². The lowest BCUT2D eigenvalue weighted by Gasteiger charge is -2.35. The Balaban J connectivity index is 0.00000288. The van der Waals surface area contributed by atoms with Crippen molar-refractivity contribution in [2.24, 2.45) is 16.8 Å². The Hall–Kier alpha value is -0.0800. The van der Waals surface area contributed by atoms with Crippen molar-refractivity contribution < 1.29 is 4.74 Å². The van der Waals surface area contributed by atoms with Gasteiger partial charge in [0.1, 0.15) is 0 Å². The maximum atomic E-state index is 5.66. The molecule has 0 bridgehead atoms. The SMILES string of the molecule is CN=C(NCCCOCC1CC1)NCC1CCCN(C(C)C)C1.I. The third-order valence-corrected chi connectivity index (χ3v) is 4.87. The highest BCUT2D eigenvalue weighted by Crippen LogP contribution is 2.28. The van der Waals surface area contributed by atoms with Gasteiger partial charge in [0, 0.05) is 45.9 Å². The molecule has 1 aliphatic carbocycles. The Morgan fingerprint density at radius 3 is 2.67 bits per heavy atom. The summed E-state index contributed by atoms with van der Waals surface area (Å²) in [6.45, 7) is 10.8. The number of halogens is 1. The van der Waals surface area contributed by atoms with Crippen molar-refractivity contribution in [1.82, 2.24) is 15.5 Å². The van der Waals surface area contributed by atoms with E-state index >= 15 is 0 Å². The summed E-state index contributed by atoms with van der Waals surface area (Å²) in [5.74, 6) is 2.51. The number of nitrogens with one attached hydrogen (secondary N) is 2. The summed E-state index contributed by atoms with van der Waals surface area (Å²) in [6, 6.07) is 0.658. The van der Waals surface area contributed by atoms with E-state index in [2.05, 4.69) is 34.4 Å². The summed E-state index contributed by atoms with van der Waals surface area (Å²) < 4.78 is 5.66. The molecule has 24 heavy (non-hydrogen) atoms. The first-order chi connectivity index (χ1) is 11.2. The van der Waals surface area contributed by atoms with Gasteiger partial charge in [0.2, 0.25) is 0 Å². The summed E-state index contributed by atoms with van der Waals surface area (Å²) >= 11 is 0. The van der Waals surface area contributed by atoms with E-state index in [9.17, 15) is 0 Å². The third-order valence-electron chi connectivity index (χ3n) is 4.87. The monoisotopic (exact) mass is 452 g/mol. The average Bonchev–Trinajstić information content (AvgIpc) is 3.38. The number of ether oxygens (including phenoxy) is 1. The maximum Gasteiger partial charge on any atom is 0.190 e. The van der Waals surface area contributed by atoms with Gasteiger partial charge in [-0.1, -0.05) is 0 Å². The summed E-state index contributed by atoms with van der Waals surface area (Å²) in [5, 5.41) is 6.88. The fraction of sp³-hybridized carbons (Fsp3) is 0.944. The second-order valence-corrected chi connectivity index (χ2v) is 7.35. The van der Waals surface area contributed by atoms with Crippen LogP contribution in [0.1, 0.15) is 46.0 Å². The van der Waals surface area contributed by atoms with Crippen LogP contribution >= 0.6 is 24.0 Å². The highest BCUT2D eigenvalue weighted by Gasteiger charge is 2.22. The van der Waals surface area contributed by atoms with E-state index in [4.69, 9.17) is 4.74 Å². The zero-order valence-corrected chi connectivity index (χ0v) is 18.1. The number of guanidine groups is 1. The molecule has 1 heterocycles. The summed E-state index contributed by atoms with van der Waals surface area (Å²) in [7, 11) is 1.85. The van der Waals surface area contributed by atoms with Gasteiger partial charge in [-0.25, -0.2) is 0 Å². The molecule has 2 fully saturated rings. The molecule has 6 heteroatoms. The van der Waals surface area contributed by atoms with Crippen LogP contribution in [0.4, 0.5) is 0 Å². The predicted molar refractivity (Wildman–Crippen MR) is 112 cm³/mol. The maximum absolute atomic E-state index is 5.66. The van der Waals surface area contributed by atoms with Gasteiger partial charge in [-0.05, 0) is 64.3 Å². The molecular weight excluding hydrogens is 415 g/mol. The lowest BCUT2D eigenvalue weighted by Crippen LogP contribution is -2.46. The van der Waals surface area contributed by atoms with Crippen LogP contribution in [-0.4, -0.2) is 63.3 Å². The minimum absolute atomic E-state index is 0. The minimum atomic E-state index is 0. The van der Waals surface area contributed by atoms with Crippen molar-refractivity contribution in [1.29, 1.82) is 0 Å². The van der Waals surface area contributed by atoms with Gasteiger partial charge in [-0.3, -0.25) is 4.99 Å². The van der Waals surface area contributed by atoms with Crippen LogP contribution in [-0.2, 0) is 4.74 Å². The molecule has 1 unspecified atom stereocenters. The molecule has 0 amide bonds. The van der Waals surface area contributed by atoms with E-state index < -0.39 is 0 Å². The molecule has 2 N–H and O–H groups in total. The van der Waals surface area contributed by atoms with Gasteiger partial charge in [0.05, 0.1) is 0 Å². The van der Waals surface area contributed by atoms with Crippen molar-refractivity contribution in [3.63, 3.8) is 0 Å². The second-order valence-electron chi connectivity index (χ2n) is 7.35. The second kappa shape index (κ2) is 12.3. The number of aliphatic imine (C=N–C) groups is 1. The molecule has 1 saturated heterocycles. The van der Waals surface area contributed by atoms with Crippen LogP contribution in [0, 0.1) is 11.8 Å². The molecule has 0 spiro atoms. The molecule has 2 rings (SSSR count). The molecule has 0 aromatic carbocycles. The first kappa shape index (κ1) is 22.0. The Kier molecular flexibility index (Phi) is 11.3. The molecule has 1 atom stereocenters. The van der Waals surface area contributed by atoms with Gasteiger partial charge in [-0.15, -0.1) is 24.0 Å². The quantitative estimate of drug-likeness (QED) is 0.245. The van der Waals surface area contributed by atoms with E-state index in [0.29, 0.717) is 6.04 Å². The number of likely N-dealkylation sites (tertiary alicyclic amines) is 1. The van der Waals surface area contributed by atoms with E-state index in [-0.39, 0.29) is 24.0 Å². The molecule has 0 aromatic rings. The van der Waals surface area contributed by atoms with Gasteiger partial charge < -0.3 is 20.3 Å². The van der Waals surface area contributed by atoms with E-state index in [1.807, 2.05) is 7.05 Å². The zero-order chi connectivity index (χ0) is 16.5. The van der Waals surface area contributed by atoms with Crippen molar-refractivity contribution in [3.05, 3.63) is 0 Å². The third kappa shape index (κ3) is 8.85. The van der Waals surface area contributed by atoms with Crippen LogP contribution in [0.15, 0.2) is 4.99 Å². The van der Waals surface area contributed by atoms with Crippen molar-refractivity contribution in [2.75, 3.05) is 46.4 Å². The molecule has 142 valence electrons. The van der Waals surface area contributed by atoms with Crippen LogP contribution in [0.2, 0.25) is 0 Å². The molecule has 5 nitrogen and oxygen atoms in total. The van der Waals surface area contributed by atoms with Crippen LogP contribution in [0.3, 0.4) is 0 Å². The highest BCUT2D eigenvalue weighted by atomic mass is 127. The molecule has 1 saturated carbocycles. The van der Waals surface area contributed by atoms with Gasteiger partial charge in [0.25, 0.3) is 0 Å².